The minimum atomic E-state index is -0.467. The Morgan fingerprint density at radius 1 is 1.19 bits per heavy atom. The maximum atomic E-state index is 14.6. The molecule has 1 saturated heterocycles. The van der Waals surface area contributed by atoms with Crippen molar-refractivity contribution in [2.24, 2.45) is 5.92 Å². The van der Waals surface area contributed by atoms with Gasteiger partial charge in [-0.2, -0.15) is 0 Å². The van der Waals surface area contributed by atoms with E-state index in [1.807, 2.05) is 24.3 Å². The molecule has 1 aliphatic carbocycles. The van der Waals surface area contributed by atoms with Gasteiger partial charge in [0, 0.05) is 30.4 Å². The van der Waals surface area contributed by atoms with Crippen LogP contribution in [-0.2, 0) is 9.53 Å². The Morgan fingerprint density at radius 2 is 1.94 bits per heavy atom. The van der Waals surface area contributed by atoms with Gasteiger partial charge in [0.25, 0.3) is 0 Å². The number of esters is 1. The molecule has 0 amide bonds. The number of benzene rings is 1. The molecule has 2 fully saturated rings. The number of aromatic nitrogens is 2. The minimum absolute atomic E-state index is 0.0496. The van der Waals surface area contributed by atoms with Crippen LogP contribution >= 0.6 is 0 Å². The van der Waals surface area contributed by atoms with E-state index >= 15 is 0 Å². The number of aliphatic hydroxyl groups is 1. The van der Waals surface area contributed by atoms with E-state index in [0.29, 0.717) is 11.5 Å². The normalized spacial score (nSPS) is 22.2. The Kier molecular flexibility index (Phi) is 6.65. The zero-order chi connectivity index (χ0) is 21.8. The molecule has 7 nitrogen and oxygen atoms in total. The first-order valence-corrected chi connectivity index (χ1v) is 10.9. The van der Waals surface area contributed by atoms with Gasteiger partial charge in [0.1, 0.15) is 5.69 Å². The van der Waals surface area contributed by atoms with Crippen molar-refractivity contribution >= 4 is 17.6 Å². The molecule has 0 atom stereocenters. The highest BCUT2D eigenvalue weighted by Gasteiger charge is 2.27. The molecule has 0 bridgehead atoms. The number of hydrogen-bond acceptors (Lipinski definition) is 7. The first-order valence-electron chi connectivity index (χ1n) is 10.9. The van der Waals surface area contributed by atoms with Crippen LogP contribution in [0.25, 0.3) is 11.3 Å². The van der Waals surface area contributed by atoms with Gasteiger partial charge in [-0.15, -0.1) is 0 Å². The molecule has 1 aromatic carbocycles. The predicted molar refractivity (Wildman–Crippen MR) is 116 cm³/mol. The van der Waals surface area contributed by atoms with Gasteiger partial charge in [0.05, 0.1) is 25.3 Å². The van der Waals surface area contributed by atoms with Crippen molar-refractivity contribution in [2.75, 3.05) is 30.4 Å². The van der Waals surface area contributed by atoms with Crippen LogP contribution in [0.1, 0.15) is 38.5 Å². The number of carbonyl (C=O) groups excluding carboxylic acids is 1. The van der Waals surface area contributed by atoms with Crippen molar-refractivity contribution in [3.8, 4) is 11.3 Å². The third-order valence-corrected chi connectivity index (χ3v) is 6.29. The quantitative estimate of drug-likeness (QED) is 0.706. The van der Waals surface area contributed by atoms with Crippen LogP contribution in [0.4, 0.5) is 16.0 Å². The van der Waals surface area contributed by atoms with E-state index < -0.39 is 5.82 Å². The fourth-order valence-electron chi connectivity index (χ4n) is 4.44. The summed E-state index contributed by atoms with van der Waals surface area (Å²) >= 11 is 0. The van der Waals surface area contributed by atoms with E-state index in [0.717, 1.165) is 57.3 Å². The molecule has 31 heavy (non-hydrogen) atoms. The topological polar surface area (TPSA) is 87.6 Å². The number of hydrogen-bond donors (Lipinski definition) is 2. The molecule has 8 heteroatoms. The van der Waals surface area contributed by atoms with Gasteiger partial charge in [-0.05, 0) is 50.7 Å². The summed E-state index contributed by atoms with van der Waals surface area (Å²) in [5.74, 6) is -0.274. The highest BCUT2D eigenvalue weighted by Crippen LogP contribution is 2.29. The number of carbonyl (C=O) groups is 1. The lowest BCUT2D eigenvalue weighted by Gasteiger charge is -2.31. The third-order valence-electron chi connectivity index (χ3n) is 6.29. The number of nitrogens with one attached hydrogen (secondary N) is 1. The number of ether oxygens (including phenoxy) is 1. The van der Waals surface area contributed by atoms with E-state index in [9.17, 15) is 14.3 Å². The van der Waals surface area contributed by atoms with Crippen LogP contribution in [0, 0.1) is 11.7 Å². The molecule has 0 spiro atoms. The molecule has 0 unspecified atom stereocenters. The van der Waals surface area contributed by atoms with Gasteiger partial charge in [0.15, 0.2) is 5.82 Å². The molecule has 1 aliphatic heterocycles. The summed E-state index contributed by atoms with van der Waals surface area (Å²) in [7, 11) is 1.42. The van der Waals surface area contributed by atoms with Crippen LogP contribution < -0.4 is 10.2 Å². The van der Waals surface area contributed by atoms with Gasteiger partial charge in [-0.1, -0.05) is 12.1 Å². The average molecular weight is 429 g/mol. The largest absolute Gasteiger partial charge is 0.469 e. The van der Waals surface area contributed by atoms with E-state index in [1.54, 1.807) is 0 Å². The van der Waals surface area contributed by atoms with Crippen molar-refractivity contribution in [3.63, 3.8) is 0 Å². The zero-order valence-electron chi connectivity index (χ0n) is 17.8. The summed E-state index contributed by atoms with van der Waals surface area (Å²) < 4.78 is 19.4. The van der Waals surface area contributed by atoms with Gasteiger partial charge in [-0.3, -0.25) is 4.79 Å². The first-order chi connectivity index (χ1) is 15.0. The first kappa shape index (κ1) is 21.5. The Morgan fingerprint density at radius 3 is 2.65 bits per heavy atom. The summed E-state index contributed by atoms with van der Waals surface area (Å²) in [5.41, 5.74) is 1.96. The second-order valence-electron chi connectivity index (χ2n) is 8.37. The van der Waals surface area contributed by atoms with E-state index in [-0.39, 0.29) is 29.7 Å². The second kappa shape index (κ2) is 9.60. The SMILES string of the molecule is COC(=O)C1CCC(Nc2ncc(F)c(-c3cccc(N4CCC(O)CC4)c3)n2)CC1. The molecule has 0 radical (unpaired) electrons. The lowest BCUT2D eigenvalue weighted by atomic mass is 9.86. The van der Waals surface area contributed by atoms with E-state index in [2.05, 4.69) is 20.2 Å². The predicted octanol–water partition coefficient (Wildman–Crippen LogP) is 3.39. The van der Waals surface area contributed by atoms with Crippen molar-refractivity contribution in [1.82, 2.24) is 9.97 Å². The van der Waals surface area contributed by atoms with Crippen LogP contribution in [0.5, 0.6) is 0 Å². The number of methoxy groups -OCH3 is 1. The number of rotatable bonds is 5. The Labute approximate surface area is 181 Å². The van der Waals surface area contributed by atoms with Gasteiger partial charge >= 0.3 is 5.97 Å². The van der Waals surface area contributed by atoms with Gasteiger partial charge in [-0.25, -0.2) is 14.4 Å². The molecule has 4 rings (SSSR count). The molecular weight excluding hydrogens is 399 g/mol. The molecule has 166 valence electrons. The molecule has 2 heterocycles. The summed E-state index contributed by atoms with van der Waals surface area (Å²) in [6, 6.07) is 7.83. The average Bonchev–Trinajstić information content (AvgIpc) is 2.81. The number of nitrogens with zero attached hydrogens (tertiary/aromatic N) is 3. The van der Waals surface area contributed by atoms with Crippen LogP contribution in [-0.4, -0.2) is 53.4 Å². The highest BCUT2D eigenvalue weighted by molar-refractivity contribution is 5.72. The van der Waals surface area contributed by atoms with Crippen molar-refractivity contribution < 1.29 is 19.0 Å². The smallest absolute Gasteiger partial charge is 0.308 e. The lowest BCUT2D eigenvalue weighted by Crippen LogP contribution is -2.35. The number of halogens is 1. The minimum Gasteiger partial charge on any atom is -0.469 e. The van der Waals surface area contributed by atoms with Gasteiger partial charge in [0.2, 0.25) is 5.95 Å². The van der Waals surface area contributed by atoms with E-state index in [4.69, 9.17) is 4.74 Å². The fourth-order valence-corrected chi connectivity index (χ4v) is 4.44. The summed E-state index contributed by atoms with van der Waals surface area (Å²) in [5, 5.41) is 13.0. The Bertz CT molecular complexity index is 909. The van der Waals surface area contributed by atoms with Crippen LogP contribution in [0.2, 0.25) is 0 Å². The maximum Gasteiger partial charge on any atom is 0.308 e. The Balaban J connectivity index is 1.46. The number of aliphatic hydroxyl groups excluding tert-OH is 1. The molecule has 2 aliphatic rings. The van der Waals surface area contributed by atoms with Crippen molar-refractivity contribution in [1.29, 1.82) is 0 Å². The molecule has 1 saturated carbocycles. The molecule has 2 N–H and O–H groups in total. The van der Waals surface area contributed by atoms with E-state index in [1.165, 1.54) is 13.3 Å². The van der Waals surface area contributed by atoms with Gasteiger partial charge < -0.3 is 20.1 Å². The number of anilines is 2. The molecular formula is C23H29FN4O3. The maximum absolute atomic E-state index is 14.6. The standard InChI is InChI=1S/C23H29FN4O3/c1-31-22(30)15-5-7-17(8-6-15)26-23-25-14-20(24)21(27-23)16-3-2-4-18(13-16)28-11-9-19(29)10-12-28/h2-4,13-15,17,19,29H,5-12H2,1H3,(H,25,26,27). The zero-order valence-corrected chi connectivity index (χ0v) is 17.8. The highest BCUT2D eigenvalue weighted by atomic mass is 19.1. The third kappa shape index (κ3) is 5.12. The van der Waals surface area contributed by atoms with Crippen molar-refractivity contribution in [3.05, 3.63) is 36.3 Å². The van der Waals surface area contributed by atoms with Crippen LogP contribution in [0.3, 0.4) is 0 Å². The number of piperidine rings is 1. The Hall–Kier alpha value is -2.74. The fraction of sp³-hybridized carbons (Fsp3) is 0.522. The summed E-state index contributed by atoms with van der Waals surface area (Å²) in [4.78, 5) is 22.5. The lowest BCUT2D eigenvalue weighted by molar-refractivity contribution is -0.146. The van der Waals surface area contributed by atoms with Crippen LogP contribution in [0.15, 0.2) is 30.5 Å². The second-order valence-corrected chi connectivity index (χ2v) is 8.37. The molecule has 1 aromatic heterocycles. The molecule has 2 aromatic rings. The monoisotopic (exact) mass is 428 g/mol. The van der Waals surface area contributed by atoms with Crippen molar-refractivity contribution in [2.45, 2.75) is 50.7 Å². The summed E-state index contributed by atoms with van der Waals surface area (Å²) in [6.07, 6.45) is 5.56. The summed E-state index contributed by atoms with van der Waals surface area (Å²) in [6.45, 7) is 1.55.